The second-order valence-electron chi connectivity index (χ2n) is 5.59. The first-order valence-electron chi connectivity index (χ1n) is 7.43. The fourth-order valence-corrected chi connectivity index (χ4v) is 2.42. The van der Waals surface area contributed by atoms with Crippen molar-refractivity contribution in [1.29, 1.82) is 0 Å². The van der Waals surface area contributed by atoms with Crippen LogP contribution in [-0.4, -0.2) is 32.2 Å². The van der Waals surface area contributed by atoms with Crippen LogP contribution in [0.4, 0.5) is 5.82 Å². The van der Waals surface area contributed by atoms with E-state index in [1.54, 1.807) is 12.4 Å². The number of anilines is 1. The monoisotopic (exact) mass is 284 g/mol. The molecule has 2 N–H and O–H groups in total. The van der Waals surface area contributed by atoms with Crippen molar-refractivity contribution >= 4 is 5.82 Å². The van der Waals surface area contributed by atoms with Crippen LogP contribution in [-0.2, 0) is 6.42 Å². The topological polar surface area (TPSA) is 70.9 Å². The van der Waals surface area contributed by atoms with Crippen molar-refractivity contribution in [3.63, 3.8) is 0 Å². The summed E-state index contributed by atoms with van der Waals surface area (Å²) in [6.45, 7) is 2.62. The highest BCUT2D eigenvalue weighted by Crippen LogP contribution is 2.31. The highest BCUT2D eigenvalue weighted by atomic mass is 16.3. The fourth-order valence-electron chi connectivity index (χ4n) is 2.42. The molecule has 2 heterocycles. The quantitative estimate of drug-likeness (QED) is 0.882. The van der Waals surface area contributed by atoms with Gasteiger partial charge in [-0.3, -0.25) is 4.98 Å². The predicted octanol–water partition coefficient (Wildman–Crippen LogP) is 2.43. The number of hydrogen-bond donors (Lipinski definition) is 2. The van der Waals surface area contributed by atoms with Crippen LogP contribution in [0.2, 0.25) is 0 Å². The number of aliphatic hydroxyl groups is 1. The molecule has 1 saturated carbocycles. The predicted molar refractivity (Wildman–Crippen MR) is 81.9 cm³/mol. The maximum absolute atomic E-state index is 10.2. The molecule has 2 aromatic rings. The van der Waals surface area contributed by atoms with Gasteiger partial charge in [-0.15, -0.1) is 0 Å². The van der Waals surface area contributed by atoms with Gasteiger partial charge in [0.2, 0.25) is 0 Å². The third-order valence-electron chi connectivity index (χ3n) is 3.96. The Bertz CT molecular complexity index is 611. The van der Waals surface area contributed by atoms with Gasteiger partial charge in [0.05, 0.1) is 5.60 Å². The van der Waals surface area contributed by atoms with Crippen molar-refractivity contribution in [2.75, 3.05) is 11.9 Å². The van der Waals surface area contributed by atoms with E-state index in [0.717, 1.165) is 42.8 Å². The van der Waals surface area contributed by atoms with Crippen molar-refractivity contribution in [2.24, 2.45) is 0 Å². The first-order chi connectivity index (χ1) is 10.2. The van der Waals surface area contributed by atoms with E-state index in [9.17, 15) is 5.11 Å². The Labute approximate surface area is 124 Å². The second kappa shape index (κ2) is 5.77. The number of rotatable bonds is 5. The Morgan fingerprint density at radius 2 is 2.00 bits per heavy atom. The minimum Gasteiger partial charge on any atom is -0.388 e. The summed E-state index contributed by atoms with van der Waals surface area (Å²) in [5.41, 5.74) is 1.37. The molecule has 5 nitrogen and oxygen atoms in total. The van der Waals surface area contributed by atoms with Crippen LogP contribution in [0.15, 0.2) is 30.6 Å². The van der Waals surface area contributed by atoms with Crippen molar-refractivity contribution in [1.82, 2.24) is 15.0 Å². The lowest BCUT2D eigenvalue weighted by molar-refractivity contribution is -0.0202. The summed E-state index contributed by atoms with van der Waals surface area (Å²) in [4.78, 5) is 13.1. The Balaban J connectivity index is 1.83. The van der Waals surface area contributed by atoms with E-state index in [0.29, 0.717) is 12.4 Å². The van der Waals surface area contributed by atoms with E-state index in [4.69, 9.17) is 0 Å². The van der Waals surface area contributed by atoms with Crippen molar-refractivity contribution < 1.29 is 5.11 Å². The molecule has 0 amide bonds. The maximum atomic E-state index is 10.2. The van der Waals surface area contributed by atoms with Gasteiger partial charge in [-0.1, -0.05) is 6.92 Å². The lowest BCUT2D eigenvalue weighted by Gasteiger charge is -2.36. The molecule has 0 unspecified atom stereocenters. The number of nitrogens with one attached hydrogen (secondary N) is 1. The third kappa shape index (κ3) is 3.19. The molecule has 3 rings (SSSR count). The smallest absolute Gasteiger partial charge is 0.161 e. The number of hydrogen-bond acceptors (Lipinski definition) is 5. The Hall–Kier alpha value is -2.01. The molecule has 0 spiro atoms. The Kier molecular flexibility index (Phi) is 3.84. The van der Waals surface area contributed by atoms with E-state index in [1.165, 1.54) is 0 Å². The minimum absolute atomic E-state index is 0.545. The molecular weight excluding hydrogens is 264 g/mol. The van der Waals surface area contributed by atoms with Gasteiger partial charge in [0.25, 0.3) is 0 Å². The molecule has 5 heteroatoms. The lowest BCUT2D eigenvalue weighted by Crippen LogP contribution is -2.43. The van der Waals surface area contributed by atoms with Crippen LogP contribution >= 0.6 is 0 Å². The van der Waals surface area contributed by atoms with Gasteiger partial charge in [-0.05, 0) is 37.8 Å². The molecule has 21 heavy (non-hydrogen) atoms. The number of nitrogens with zero attached hydrogens (tertiary/aromatic N) is 3. The number of aromatic nitrogens is 3. The molecule has 0 saturated heterocycles. The average Bonchev–Trinajstić information content (AvgIpc) is 2.51. The van der Waals surface area contributed by atoms with Gasteiger partial charge in [0.15, 0.2) is 5.82 Å². The van der Waals surface area contributed by atoms with Crippen LogP contribution in [0.3, 0.4) is 0 Å². The minimum atomic E-state index is -0.561. The largest absolute Gasteiger partial charge is 0.388 e. The molecule has 0 aromatic carbocycles. The van der Waals surface area contributed by atoms with E-state index in [1.807, 2.05) is 18.2 Å². The molecule has 0 radical (unpaired) electrons. The molecule has 110 valence electrons. The zero-order valence-corrected chi connectivity index (χ0v) is 12.2. The molecule has 0 bridgehead atoms. The van der Waals surface area contributed by atoms with Crippen molar-refractivity contribution in [3.8, 4) is 11.4 Å². The van der Waals surface area contributed by atoms with Gasteiger partial charge in [0, 0.05) is 36.3 Å². The van der Waals surface area contributed by atoms with Gasteiger partial charge in [0.1, 0.15) is 5.82 Å². The first kappa shape index (κ1) is 13.9. The zero-order chi connectivity index (χ0) is 14.7. The first-order valence-corrected chi connectivity index (χ1v) is 7.43. The zero-order valence-electron chi connectivity index (χ0n) is 12.2. The summed E-state index contributed by atoms with van der Waals surface area (Å²) in [6, 6.07) is 5.75. The van der Waals surface area contributed by atoms with Crippen LogP contribution in [0, 0.1) is 0 Å². The van der Waals surface area contributed by atoms with Gasteiger partial charge < -0.3 is 10.4 Å². The Morgan fingerprint density at radius 3 is 2.62 bits per heavy atom. The third-order valence-corrected chi connectivity index (χ3v) is 3.96. The van der Waals surface area contributed by atoms with E-state index in [2.05, 4.69) is 27.2 Å². The molecule has 0 aliphatic heterocycles. The molecule has 1 aliphatic carbocycles. The normalized spacial score (nSPS) is 16.3. The van der Waals surface area contributed by atoms with Gasteiger partial charge in [-0.2, -0.15) is 0 Å². The number of pyridine rings is 1. The molecule has 0 atom stereocenters. The summed E-state index contributed by atoms with van der Waals surface area (Å²) in [7, 11) is 0. The molecule has 1 fully saturated rings. The van der Waals surface area contributed by atoms with Gasteiger partial charge >= 0.3 is 0 Å². The molecule has 2 aromatic heterocycles. The van der Waals surface area contributed by atoms with Crippen molar-refractivity contribution in [3.05, 3.63) is 36.3 Å². The summed E-state index contributed by atoms with van der Waals surface area (Å²) >= 11 is 0. The van der Waals surface area contributed by atoms with Gasteiger partial charge in [-0.25, -0.2) is 9.97 Å². The standard InChI is InChI=1S/C16H20N4O/c1-2-13-10-14(18-11-16(21)6-3-7-16)20-15(19-13)12-4-8-17-9-5-12/h4-5,8-10,21H,2-3,6-7,11H2,1H3,(H,18,19,20). The van der Waals surface area contributed by atoms with Crippen molar-refractivity contribution in [2.45, 2.75) is 38.2 Å². The van der Waals surface area contributed by atoms with E-state index < -0.39 is 5.60 Å². The Morgan fingerprint density at radius 1 is 1.24 bits per heavy atom. The molecule has 1 aliphatic rings. The summed E-state index contributed by atoms with van der Waals surface area (Å²) in [5, 5.41) is 13.4. The van der Waals surface area contributed by atoms with E-state index in [-0.39, 0.29) is 0 Å². The summed E-state index contributed by atoms with van der Waals surface area (Å²) in [6.07, 6.45) is 7.15. The number of aryl methyl sites for hydroxylation is 1. The van der Waals surface area contributed by atoms with Crippen LogP contribution in [0.25, 0.3) is 11.4 Å². The highest BCUT2D eigenvalue weighted by molar-refractivity contribution is 5.56. The second-order valence-corrected chi connectivity index (χ2v) is 5.59. The average molecular weight is 284 g/mol. The van der Waals surface area contributed by atoms with Crippen LogP contribution in [0.5, 0.6) is 0 Å². The highest BCUT2D eigenvalue weighted by Gasteiger charge is 2.34. The summed E-state index contributed by atoms with van der Waals surface area (Å²) in [5.74, 6) is 1.47. The summed E-state index contributed by atoms with van der Waals surface area (Å²) < 4.78 is 0. The van der Waals surface area contributed by atoms with Crippen LogP contribution in [0.1, 0.15) is 31.9 Å². The SMILES string of the molecule is CCc1cc(NCC2(O)CCC2)nc(-c2ccncc2)n1. The lowest BCUT2D eigenvalue weighted by atomic mass is 9.80. The van der Waals surface area contributed by atoms with E-state index >= 15 is 0 Å². The fraction of sp³-hybridized carbons (Fsp3) is 0.438. The maximum Gasteiger partial charge on any atom is 0.161 e. The molecular formula is C16H20N4O. The van der Waals surface area contributed by atoms with Crippen LogP contribution < -0.4 is 5.32 Å².